The van der Waals surface area contributed by atoms with Crippen molar-refractivity contribution in [1.82, 2.24) is 0 Å². The molecule has 1 aromatic carbocycles. The highest BCUT2D eigenvalue weighted by Gasteiger charge is 2.30. The van der Waals surface area contributed by atoms with Crippen LogP contribution < -0.4 is 4.90 Å². The predicted molar refractivity (Wildman–Crippen MR) is 69.8 cm³/mol. The molecule has 0 saturated carbocycles. The number of halogens is 1. The number of aliphatic hydroxyl groups excluding tert-OH is 4. The Morgan fingerprint density at radius 1 is 1.25 bits per heavy atom. The standard InChI is InChI=1S/C13H18FNO5/c1-15(9-4-2-8(14)3-5-9)6-10(17)12(19)13(20)11(18)7-16/h2-5,11-13,16,18-20H,6-7H2,1H3/t11-,12-,13-/m1/s1. The van der Waals surface area contributed by atoms with Crippen molar-refractivity contribution in [3.63, 3.8) is 0 Å². The van der Waals surface area contributed by atoms with E-state index in [0.717, 1.165) is 0 Å². The van der Waals surface area contributed by atoms with Crippen molar-refractivity contribution in [2.75, 3.05) is 25.1 Å². The molecule has 0 aliphatic heterocycles. The van der Waals surface area contributed by atoms with Crippen LogP contribution in [0.15, 0.2) is 24.3 Å². The van der Waals surface area contributed by atoms with Crippen LogP contribution in [0.2, 0.25) is 0 Å². The van der Waals surface area contributed by atoms with Crippen molar-refractivity contribution >= 4 is 11.5 Å². The van der Waals surface area contributed by atoms with Crippen LogP contribution in [0.4, 0.5) is 10.1 Å². The van der Waals surface area contributed by atoms with Crippen LogP contribution in [-0.4, -0.2) is 64.7 Å². The smallest absolute Gasteiger partial charge is 0.183 e. The van der Waals surface area contributed by atoms with Gasteiger partial charge in [0.2, 0.25) is 0 Å². The number of hydrogen-bond acceptors (Lipinski definition) is 6. The number of carbonyl (C=O) groups is 1. The fourth-order valence-electron chi connectivity index (χ4n) is 1.62. The van der Waals surface area contributed by atoms with E-state index in [2.05, 4.69) is 0 Å². The highest BCUT2D eigenvalue weighted by atomic mass is 19.1. The summed E-state index contributed by atoms with van der Waals surface area (Å²) in [6.07, 6.45) is -5.15. The lowest BCUT2D eigenvalue weighted by atomic mass is 10.0. The number of hydrogen-bond donors (Lipinski definition) is 4. The van der Waals surface area contributed by atoms with Gasteiger partial charge in [0.25, 0.3) is 0 Å². The zero-order chi connectivity index (χ0) is 15.3. The van der Waals surface area contributed by atoms with E-state index >= 15 is 0 Å². The summed E-state index contributed by atoms with van der Waals surface area (Å²) in [5.41, 5.74) is 0.559. The molecule has 0 aliphatic carbocycles. The van der Waals surface area contributed by atoms with Crippen LogP contribution in [0.3, 0.4) is 0 Å². The Hall–Kier alpha value is -1.54. The first-order valence-corrected chi connectivity index (χ1v) is 6.01. The Kier molecular flexibility index (Phi) is 6.03. The van der Waals surface area contributed by atoms with E-state index in [0.29, 0.717) is 5.69 Å². The minimum absolute atomic E-state index is 0.234. The zero-order valence-electron chi connectivity index (χ0n) is 11.0. The average molecular weight is 287 g/mol. The normalized spacial score (nSPS) is 15.5. The minimum atomic E-state index is -1.81. The van der Waals surface area contributed by atoms with Crippen molar-refractivity contribution in [2.45, 2.75) is 18.3 Å². The van der Waals surface area contributed by atoms with Gasteiger partial charge in [-0.25, -0.2) is 4.39 Å². The third kappa shape index (κ3) is 4.24. The van der Waals surface area contributed by atoms with Crippen LogP contribution in [0, 0.1) is 5.82 Å². The number of aliphatic hydroxyl groups is 4. The van der Waals surface area contributed by atoms with Gasteiger partial charge in [-0.05, 0) is 24.3 Å². The van der Waals surface area contributed by atoms with Gasteiger partial charge in [0.1, 0.15) is 24.1 Å². The van der Waals surface area contributed by atoms with Crippen LogP contribution in [0.25, 0.3) is 0 Å². The lowest BCUT2D eigenvalue weighted by molar-refractivity contribution is -0.138. The molecule has 0 radical (unpaired) electrons. The SMILES string of the molecule is CN(CC(=O)[C@@H](O)[C@H](O)[C@H](O)CO)c1ccc(F)cc1. The van der Waals surface area contributed by atoms with Crippen molar-refractivity contribution in [3.05, 3.63) is 30.1 Å². The van der Waals surface area contributed by atoms with E-state index < -0.39 is 36.5 Å². The van der Waals surface area contributed by atoms with Crippen LogP contribution in [-0.2, 0) is 4.79 Å². The van der Waals surface area contributed by atoms with E-state index in [1.807, 2.05) is 0 Å². The maximum absolute atomic E-state index is 12.8. The molecule has 0 aliphatic rings. The monoisotopic (exact) mass is 287 g/mol. The highest BCUT2D eigenvalue weighted by molar-refractivity contribution is 5.87. The van der Waals surface area contributed by atoms with E-state index in [1.165, 1.54) is 29.2 Å². The lowest BCUT2D eigenvalue weighted by Gasteiger charge is -2.24. The minimum Gasteiger partial charge on any atom is -0.394 e. The first-order valence-electron chi connectivity index (χ1n) is 6.01. The summed E-state index contributed by atoms with van der Waals surface area (Å²) >= 11 is 0. The Morgan fingerprint density at radius 3 is 2.30 bits per heavy atom. The number of nitrogens with zero attached hydrogens (tertiary/aromatic N) is 1. The second-order valence-electron chi connectivity index (χ2n) is 4.48. The van der Waals surface area contributed by atoms with Gasteiger partial charge in [-0.15, -0.1) is 0 Å². The Morgan fingerprint density at radius 2 is 1.80 bits per heavy atom. The summed E-state index contributed by atoms with van der Waals surface area (Å²) in [6.45, 7) is -0.999. The summed E-state index contributed by atoms with van der Waals surface area (Å²) in [7, 11) is 1.56. The zero-order valence-corrected chi connectivity index (χ0v) is 11.0. The van der Waals surface area contributed by atoms with Crippen molar-refractivity contribution in [2.24, 2.45) is 0 Å². The summed E-state index contributed by atoms with van der Waals surface area (Å²) in [4.78, 5) is 13.2. The molecule has 3 atom stereocenters. The van der Waals surface area contributed by atoms with E-state index in [4.69, 9.17) is 10.2 Å². The summed E-state index contributed by atoms with van der Waals surface area (Å²) in [5, 5.41) is 36.8. The van der Waals surface area contributed by atoms with Crippen molar-refractivity contribution < 1.29 is 29.6 Å². The summed E-state index contributed by atoms with van der Waals surface area (Å²) in [5.74, 6) is -1.13. The van der Waals surface area contributed by atoms with E-state index in [1.54, 1.807) is 7.05 Å². The molecule has 0 amide bonds. The number of ketones is 1. The highest BCUT2D eigenvalue weighted by Crippen LogP contribution is 2.13. The van der Waals surface area contributed by atoms with Crippen molar-refractivity contribution in [1.29, 1.82) is 0 Å². The Balaban J connectivity index is 2.63. The molecule has 0 unspecified atom stereocenters. The molecule has 0 bridgehead atoms. The summed E-state index contributed by atoms with van der Waals surface area (Å²) in [6, 6.07) is 5.40. The first kappa shape index (κ1) is 16.5. The molecular formula is C13H18FNO5. The second-order valence-corrected chi connectivity index (χ2v) is 4.48. The average Bonchev–Trinajstić information content (AvgIpc) is 2.45. The first-order chi connectivity index (χ1) is 9.36. The molecule has 7 heteroatoms. The van der Waals surface area contributed by atoms with Crippen LogP contribution >= 0.6 is 0 Å². The molecule has 0 fully saturated rings. The maximum Gasteiger partial charge on any atom is 0.183 e. The topological polar surface area (TPSA) is 101 Å². The third-order valence-corrected chi connectivity index (χ3v) is 2.90. The molecule has 20 heavy (non-hydrogen) atoms. The fraction of sp³-hybridized carbons (Fsp3) is 0.462. The van der Waals surface area contributed by atoms with Gasteiger partial charge in [0, 0.05) is 12.7 Å². The molecular weight excluding hydrogens is 269 g/mol. The number of carbonyl (C=O) groups excluding carboxylic acids is 1. The van der Waals surface area contributed by atoms with Gasteiger partial charge in [0.05, 0.1) is 13.2 Å². The van der Waals surface area contributed by atoms with Gasteiger partial charge < -0.3 is 25.3 Å². The molecule has 0 heterocycles. The Labute approximate surface area is 115 Å². The molecule has 112 valence electrons. The predicted octanol–water partition coefficient (Wildman–Crippen LogP) is -1.09. The Bertz CT molecular complexity index is 439. The molecule has 1 aromatic rings. The molecule has 1 rings (SSSR count). The fourth-order valence-corrected chi connectivity index (χ4v) is 1.62. The molecule has 0 spiro atoms. The number of anilines is 1. The molecule has 6 nitrogen and oxygen atoms in total. The lowest BCUT2D eigenvalue weighted by Crippen LogP contribution is -2.46. The maximum atomic E-state index is 12.8. The largest absolute Gasteiger partial charge is 0.394 e. The number of Topliss-reactive ketones (excluding diaryl/α,β-unsaturated/α-hetero) is 1. The second kappa shape index (κ2) is 7.30. The van der Waals surface area contributed by atoms with Gasteiger partial charge in [-0.2, -0.15) is 0 Å². The number of rotatable bonds is 7. The van der Waals surface area contributed by atoms with Gasteiger partial charge in [0.15, 0.2) is 5.78 Å². The molecule has 0 saturated heterocycles. The van der Waals surface area contributed by atoms with Gasteiger partial charge >= 0.3 is 0 Å². The number of likely N-dealkylation sites (N-methyl/N-ethyl adjacent to an activating group) is 1. The van der Waals surface area contributed by atoms with Gasteiger partial charge in [-0.3, -0.25) is 4.79 Å². The van der Waals surface area contributed by atoms with Crippen molar-refractivity contribution in [3.8, 4) is 0 Å². The van der Waals surface area contributed by atoms with Gasteiger partial charge in [-0.1, -0.05) is 0 Å². The molecule has 0 aromatic heterocycles. The molecule has 4 N–H and O–H groups in total. The number of benzene rings is 1. The third-order valence-electron chi connectivity index (χ3n) is 2.90. The summed E-state index contributed by atoms with van der Waals surface area (Å²) < 4.78 is 12.8. The van der Waals surface area contributed by atoms with E-state index in [-0.39, 0.29) is 6.54 Å². The van der Waals surface area contributed by atoms with E-state index in [9.17, 15) is 19.4 Å². The van der Waals surface area contributed by atoms with Crippen LogP contribution in [0.5, 0.6) is 0 Å². The quantitative estimate of drug-likeness (QED) is 0.508. The van der Waals surface area contributed by atoms with Crippen LogP contribution in [0.1, 0.15) is 0 Å².